The van der Waals surface area contributed by atoms with E-state index in [-0.39, 0.29) is 0 Å². The van der Waals surface area contributed by atoms with Crippen molar-refractivity contribution >= 4 is 0 Å². The molecule has 0 aliphatic carbocycles. The van der Waals surface area contributed by atoms with Gasteiger partial charge in [0.05, 0.1) is 19.3 Å². The van der Waals surface area contributed by atoms with E-state index in [1.807, 2.05) is 18.2 Å². The average Bonchev–Trinajstić information content (AvgIpc) is 2.72. The molecule has 1 fully saturated rings. The minimum absolute atomic E-state index is 0.332. The lowest BCUT2D eigenvalue weighted by Gasteiger charge is -2.09. The van der Waals surface area contributed by atoms with Gasteiger partial charge in [0.25, 0.3) is 0 Å². The van der Waals surface area contributed by atoms with Crippen molar-refractivity contribution in [2.24, 2.45) is 0 Å². The van der Waals surface area contributed by atoms with Gasteiger partial charge in [-0.05, 0) is 18.4 Å². The molecule has 1 aromatic carbocycles. The van der Waals surface area contributed by atoms with Gasteiger partial charge in [0.15, 0.2) is 0 Å². The first-order chi connectivity index (χ1) is 6.95. The molecule has 0 spiro atoms. The highest BCUT2D eigenvalue weighted by atomic mass is 16.5. The topological polar surface area (TPSA) is 18.5 Å². The van der Waals surface area contributed by atoms with E-state index in [4.69, 9.17) is 9.47 Å². The van der Waals surface area contributed by atoms with E-state index in [1.165, 1.54) is 12.0 Å². The van der Waals surface area contributed by atoms with Crippen LogP contribution in [0, 0.1) is 0 Å². The van der Waals surface area contributed by atoms with Gasteiger partial charge in [-0.3, -0.25) is 0 Å². The van der Waals surface area contributed by atoms with Crippen LogP contribution in [0.4, 0.5) is 0 Å². The highest BCUT2D eigenvalue weighted by molar-refractivity contribution is 5.13. The number of ether oxygens (including phenoxy) is 2. The fourth-order valence-electron chi connectivity index (χ4n) is 1.66. The molecule has 2 heteroatoms. The van der Waals surface area contributed by atoms with E-state index in [0.29, 0.717) is 12.7 Å². The lowest BCUT2D eigenvalue weighted by molar-refractivity contribution is 0.0106. The van der Waals surface area contributed by atoms with Crippen LogP contribution in [0.3, 0.4) is 0 Å². The summed E-state index contributed by atoms with van der Waals surface area (Å²) >= 11 is 0. The van der Waals surface area contributed by atoms with Crippen LogP contribution in [0.5, 0.6) is 0 Å². The van der Waals surface area contributed by atoms with Crippen LogP contribution in [-0.2, 0) is 16.1 Å². The third-order valence-electron chi connectivity index (χ3n) is 2.44. The summed E-state index contributed by atoms with van der Waals surface area (Å²) in [6.45, 7) is 2.33. The summed E-state index contributed by atoms with van der Waals surface area (Å²) in [5, 5.41) is 0. The number of hydrogen-bond acceptors (Lipinski definition) is 2. The number of rotatable bonds is 4. The Morgan fingerprint density at radius 3 is 2.86 bits per heavy atom. The van der Waals surface area contributed by atoms with Gasteiger partial charge in [-0.15, -0.1) is 0 Å². The molecule has 0 N–H and O–H groups in total. The van der Waals surface area contributed by atoms with E-state index >= 15 is 0 Å². The van der Waals surface area contributed by atoms with Gasteiger partial charge in [0.1, 0.15) is 0 Å². The minimum atomic E-state index is 0.332. The molecular weight excluding hydrogens is 176 g/mol. The molecule has 1 aromatic rings. The maximum absolute atomic E-state index is 5.58. The maximum Gasteiger partial charge on any atom is 0.0809 e. The molecule has 0 unspecified atom stereocenters. The Morgan fingerprint density at radius 1 is 1.29 bits per heavy atom. The minimum Gasteiger partial charge on any atom is -0.376 e. The van der Waals surface area contributed by atoms with Crippen LogP contribution in [0.15, 0.2) is 30.3 Å². The molecule has 1 atom stereocenters. The van der Waals surface area contributed by atoms with Gasteiger partial charge in [-0.25, -0.2) is 0 Å². The van der Waals surface area contributed by atoms with E-state index in [1.54, 1.807) is 0 Å². The lowest BCUT2D eigenvalue weighted by atomic mass is 10.2. The van der Waals surface area contributed by atoms with E-state index in [0.717, 1.165) is 19.6 Å². The third-order valence-corrected chi connectivity index (χ3v) is 2.44. The second kappa shape index (κ2) is 5.13. The fraction of sp³-hybridized carbons (Fsp3) is 0.500. The molecule has 0 bridgehead atoms. The van der Waals surface area contributed by atoms with E-state index in [9.17, 15) is 0 Å². The smallest absolute Gasteiger partial charge is 0.0809 e. The van der Waals surface area contributed by atoms with E-state index in [2.05, 4.69) is 12.1 Å². The molecular formula is C12H16O2. The Hall–Kier alpha value is -0.860. The second-order valence-electron chi connectivity index (χ2n) is 3.64. The van der Waals surface area contributed by atoms with Crippen molar-refractivity contribution in [3.05, 3.63) is 35.9 Å². The number of hydrogen-bond donors (Lipinski definition) is 0. The predicted molar refractivity (Wildman–Crippen MR) is 55.1 cm³/mol. The molecule has 1 heterocycles. The molecule has 1 saturated heterocycles. The molecule has 14 heavy (non-hydrogen) atoms. The second-order valence-corrected chi connectivity index (χ2v) is 3.64. The van der Waals surface area contributed by atoms with Crippen molar-refractivity contribution in [2.75, 3.05) is 13.2 Å². The van der Waals surface area contributed by atoms with E-state index < -0.39 is 0 Å². The molecule has 2 nitrogen and oxygen atoms in total. The van der Waals surface area contributed by atoms with Gasteiger partial charge >= 0.3 is 0 Å². The molecule has 0 aromatic heterocycles. The lowest BCUT2D eigenvalue weighted by Crippen LogP contribution is -2.13. The van der Waals surface area contributed by atoms with Crippen molar-refractivity contribution in [1.82, 2.24) is 0 Å². The zero-order valence-corrected chi connectivity index (χ0v) is 8.32. The van der Waals surface area contributed by atoms with Crippen molar-refractivity contribution in [1.29, 1.82) is 0 Å². The molecule has 76 valence electrons. The first-order valence-corrected chi connectivity index (χ1v) is 5.18. The third kappa shape index (κ3) is 2.82. The Balaban J connectivity index is 1.67. The molecule has 2 rings (SSSR count). The van der Waals surface area contributed by atoms with Crippen molar-refractivity contribution in [2.45, 2.75) is 25.6 Å². The monoisotopic (exact) mass is 192 g/mol. The summed E-state index contributed by atoms with van der Waals surface area (Å²) in [6.07, 6.45) is 2.66. The maximum atomic E-state index is 5.58. The van der Waals surface area contributed by atoms with Crippen LogP contribution in [-0.4, -0.2) is 19.3 Å². The summed E-state index contributed by atoms with van der Waals surface area (Å²) in [6, 6.07) is 10.2. The summed E-state index contributed by atoms with van der Waals surface area (Å²) < 4.78 is 11.0. The van der Waals surface area contributed by atoms with Crippen LogP contribution in [0.25, 0.3) is 0 Å². The Bertz CT molecular complexity index is 252. The quantitative estimate of drug-likeness (QED) is 0.729. The van der Waals surface area contributed by atoms with Gasteiger partial charge in [0.2, 0.25) is 0 Å². The van der Waals surface area contributed by atoms with Crippen molar-refractivity contribution < 1.29 is 9.47 Å². The molecule has 0 radical (unpaired) electrons. The SMILES string of the molecule is c1ccc(COC[C@@H]2CCCO2)cc1. The Labute approximate surface area is 84.8 Å². The standard InChI is InChI=1S/C12H16O2/c1-2-5-11(6-3-1)9-13-10-12-7-4-8-14-12/h1-3,5-6,12H,4,7-10H2/t12-/m0/s1. The van der Waals surface area contributed by atoms with Crippen LogP contribution >= 0.6 is 0 Å². The summed E-state index contributed by atoms with van der Waals surface area (Å²) in [5.74, 6) is 0. The molecule has 0 amide bonds. The van der Waals surface area contributed by atoms with Crippen molar-refractivity contribution in [3.8, 4) is 0 Å². The van der Waals surface area contributed by atoms with Gasteiger partial charge < -0.3 is 9.47 Å². The Morgan fingerprint density at radius 2 is 2.14 bits per heavy atom. The summed E-state index contributed by atoms with van der Waals surface area (Å²) in [4.78, 5) is 0. The zero-order chi connectivity index (χ0) is 9.64. The molecule has 1 aliphatic rings. The first kappa shape index (κ1) is 9.69. The number of benzene rings is 1. The molecule has 0 saturated carbocycles. The fourth-order valence-corrected chi connectivity index (χ4v) is 1.66. The van der Waals surface area contributed by atoms with Crippen molar-refractivity contribution in [3.63, 3.8) is 0 Å². The van der Waals surface area contributed by atoms with Crippen LogP contribution in [0.1, 0.15) is 18.4 Å². The highest BCUT2D eigenvalue weighted by Crippen LogP contribution is 2.12. The Kier molecular flexibility index (Phi) is 3.55. The first-order valence-electron chi connectivity index (χ1n) is 5.18. The zero-order valence-electron chi connectivity index (χ0n) is 8.32. The normalized spacial score (nSPS) is 21.3. The van der Waals surface area contributed by atoms with Crippen LogP contribution in [0.2, 0.25) is 0 Å². The van der Waals surface area contributed by atoms with Gasteiger partial charge in [0, 0.05) is 6.61 Å². The predicted octanol–water partition coefficient (Wildman–Crippen LogP) is 2.38. The van der Waals surface area contributed by atoms with Crippen LogP contribution < -0.4 is 0 Å². The molecule has 1 aliphatic heterocycles. The highest BCUT2D eigenvalue weighted by Gasteiger charge is 2.14. The summed E-state index contributed by atoms with van der Waals surface area (Å²) in [7, 11) is 0. The van der Waals surface area contributed by atoms with Gasteiger partial charge in [-0.1, -0.05) is 30.3 Å². The largest absolute Gasteiger partial charge is 0.376 e. The average molecular weight is 192 g/mol. The van der Waals surface area contributed by atoms with Gasteiger partial charge in [-0.2, -0.15) is 0 Å². The summed E-state index contributed by atoms with van der Waals surface area (Å²) in [5.41, 5.74) is 1.23.